The van der Waals surface area contributed by atoms with Gasteiger partial charge in [0.25, 0.3) is 5.91 Å². The third-order valence-electron chi connectivity index (χ3n) is 2.60. The molecule has 0 saturated carbocycles. The van der Waals surface area contributed by atoms with E-state index in [1.807, 2.05) is 0 Å². The van der Waals surface area contributed by atoms with Gasteiger partial charge >= 0.3 is 5.97 Å². The van der Waals surface area contributed by atoms with Gasteiger partial charge in [0.1, 0.15) is 5.60 Å². The molecule has 0 aliphatic rings. The number of hydrogen-bond acceptors (Lipinski definition) is 5. The Morgan fingerprint density at radius 1 is 1.25 bits per heavy atom. The molecule has 0 aliphatic heterocycles. The van der Waals surface area contributed by atoms with Crippen molar-refractivity contribution in [2.75, 3.05) is 0 Å². The molecular weight excluding hydrogens is 260 g/mol. The highest BCUT2D eigenvalue weighted by molar-refractivity contribution is 5.98. The zero-order chi connectivity index (χ0) is 15.3. The summed E-state index contributed by atoms with van der Waals surface area (Å²) >= 11 is 0. The minimum Gasteiger partial charge on any atom is -0.459 e. The molecule has 6 nitrogen and oxygen atoms in total. The topological polar surface area (TPSA) is 102 Å². The van der Waals surface area contributed by atoms with Gasteiger partial charge in [-0.2, -0.15) is 0 Å². The molecule has 0 saturated heterocycles. The number of amides is 1. The van der Waals surface area contributed by atoms with Crippen molar-refractivity contribution in [3.05, 3.63) is 35.9 Å². The van der Waals surface area contributed by atoms with Crippen LogP contribution in [0.15, 0.2) is 30.3 Å². The predicted molar refractivity (Wildman–Crippen MR) is 72.6 cm³/mol. The quantitative estimate of drug-likeness (QED) is 0.332. The Bertz CT molecular complexity index is 468. The molecule has 0 fully saturated rings. The summed E-state index contributed by atoms with van der Waals surface area (Å²) in [5.74, 6) is -2.99. The number of rotatable bonds is 4. The summed E-state index contributed by atoms with van der Waals surface area (Å²) in [6.07, 6.45) is 0. The third kappa shape index (κ3) is 4.32. The van der Waals surface area contributed by atoms with Crippen LogP contribution >= 0.6 is 0 Å². The molecule has 0 heterocycles. The molecule has 2 atom stereocenters. The van der Waals surface area contributed by atoms with Gasteiger partial charge in [-0.1, -0.05) is 30.3 Å². The summed E-state index contributed by atoms with van der Waals surface area (Å²) < 4.78 is 5.17. The van der Waals surface area contributed by atoms with Crippen molar-refractivity contribution in [3.8, 4) is 0 Å². The molecule has 0 radical (unpaired) electrons. The maximum Gasteiger partial charge on any atom is 0.321 e. The Kier molecular flexibility index (Phi) is 5.24. The van der Waals surface area contributed by atoms with Crippen LogP contribution in [-0.4, -0.2) is 22.7 Å². The maximum absolute atomic E-state index is 12.1. The molecule has 20 heavy (non-hydrogen) atoms. The van der Waals surface area contributed by atoms with Gasteiger partial charge < -0.3 is 10.5 Å². The van der Waals surface area contributed by atoms with Crippen LogP contribution in [0.1, 0.15) is 32.4 Å². The monoisotopic (exact) mass is 280 g/mol. The van der Waals surface area contributed by atoms with E-state index in [9.17, 15) is 9.59 Å². The summed E-state index contributed by atoms with van der Waals surface area (Å²) in [4.78, 5) is 23.8. The molecule has 0 spiro atoms. The molecule has 2 unspecified atom stereocenters. The molecule has 0 aliphatic carbocycles. The molecule has 110 valence electrons. The first kappa shape index (κ1) is 16.1. The number of carbonyl (C=O) groups excluding carboxylic acids is 2. The first-order valence-electron chi connectivity index (χ1n) is 6.23. The Balaban J connectivity index is 3.01. The SMILES string of the molecule is CC(C)(C)OC(=O)C(C(=O)NO)C(N)c1ccccc1. The number of benzene rings is 1. The second kappa shape index (κ2) is 6.49. The van der Waals surface area contributed by atoms with Crippen molar-refractivity contribution in [1.29, 1.82) is 0 Å². The fourth-order valence-electron chi connectivity index (χ4n) is 1.72. The number of nitrogens with two attached hydrogens (primary N) is 1. The van der Waals surface area contributed by atoms with Crippen LogP contribution < -0.4 is 11.2 Å². The molecular formula is C14H20N2O4. The van der Waals surface area contributed by atoms with E-state index >= 15 is 0 Å². The zero-order valence-corrected chi connectivity index (χ0v) is 11.8. The van der Waals surface area contributed by atoms with Crippen LogP contribution in [0, 0.1) is 5.92 Å². The predicted octanol–water partition coefficient (Wildman–Crippen LogP) is 1.15. The molecule has 4 N–H and O–H groups in total. The van der Waals surface area contributed by atoms with Gasteiger partial charge in [-0.05, 0) is 26.3 Å². The van der Waals surface area contributed by atoms with E-state index in [2.05, 4.69) is 0 Å². The number of ether oxygens (including phenoxy) is 1. The summed E-state index contributed by atoms with van der Waals surface area (Å²) in [7, 11) is 0. The molecule has 1 amide bonds. The first-order chi connectivity index (χ1) is 9.26. The summed E-state index contributed by atoms with van der Waals surface area (Å²) in [5, 5.41) is 8.79. The maximum atomic E-state index is 12.1. The first-order valence-corrected chi connectivity index (χ1v) is 6.23. The van der Waals surface area contributed by atoms with Crippen LogP contribution in [0.25, 0.3) is 0 Å². The van der Waals surface area contributed by atoms with E-state index in [0.717, 1.165) is 0 Å². The number of carbonyl (C=O) groups is 2. The number of hydrogen-bond donors (Lipinski definition) is 3. The number of hydroxylamine groups is 1. The lowest BCUT2D eigenvalue weighted by Gasteiger charge is -2.26. The molecule has 0 bridgehead atoms. The van der Waals surface area contributed by atoms with Crippen molar-refractivity contribution in [2.24, 2.45) is 11.7 Å². The third-order valence-corrected chi connectivity index (χ3v) is 2.60. The number of esters is 1. The van der Waals surface area contributed by atoms with Crippen LogP contribution in [0.5, 0.6) is 0 Å². The van der Waals surface area contributed by atoms with Gasteiger partial charge in [-0.15, -0.1) is 0 Å². The van der Waals surface area contributed by atoms with Gasteiger partial charge in [0.2, 0.25) is 0 Å². The highest BCUT2D eigenvalue weighted by atomic mass is 16.6. The van der Waals surface area contributed by atoms with E-state index in [1.54, 1.807) is 51.1 Å². The van der Waals surface area contributed by atoms with Gasteiger partial charge in [0.05, 0.1) is 6.04 Å². The van der Waals surface area contributed by atoms with E-state index in [1.165, 1.54) is 5.48 Å². The fourth-order valence-corrected chi connectivity index (χ4v) is 1.72. The van der Waals surface area contributed by atoms with Crippen LogP contribution in [0.2, 0.25) is 0 Å². The number of nitrogens with one attached hydrogen (secondary N) is 1. The Morgan fingerprint density at radius 3 is 2.25 bits per heavy atom. The molecule has 1 rings (SSSR count). The molecule has 1 aromatic carbocycles. The van der Waals surface area contributed by atoms with E-state index in [0.29, 0.717) is 5.56 Å². The van der Waals surface area contributed by atoms with Gasteiger partial charge in [-0.25, -0.2) is 5.48 Å². The van der Waals surface area contributed by atoms with Crippen molar-refractivity contribution in [1.82, 2.24) is 5.48 Å². The van der Waals surface area contributed by atoms with Gasteiger partial charge in [-0.3, -0.25) is 14.8 Å². The smallest absolute Gasteiger partial charge is 0.321 e. The summed E-state index contributed by atoms with van der Waals surface area (Å²) in [5.41, 5.74) is 7.28. The van der Waals surface area contributed by atoms with Gasteiger partial charge in [0, 0.05) is 0 Å². The normalized spacial score (nSPS) is 14.2. The second-order valence-corrected chi connectivity index (χ2v) is 5.42. The average molecular weight is 280 g/mol. The second-order valence-electron chi connectivity index (χ2n) is 5.42. The molecule has 1 aromatic rings. The molecule has 6 heteroatoms. The average Bonchev–Trinajstić information content (AvgIpc) is 2.37. The van der Waals surface area contributed by atoms with Crippen molar-refractivity contribution >= 4 is 11.9 Å². The lowest BCUT2D eigenvalue weighted by Crippen LogP contribution is -2.43. The molecule has 0 aromatic heterocycles. The highest BCUT2D eigenvalue weighted by Gasteiger charge is 2.37. The Labute approximate surface area is 117 Å². The summed E-state index contributed by atoms with van der Waals surface area (Å²) in [6, 6.07) is 7.79. The lowest BCUT2D eigenvalue weighted by atomic mass is 9.93. The standard InChI is InChI=1S/C14H20N2O4/c1-14(2,3)20-13(18)10(12(17)16-19)11(15)9-7-5-4-6-8-9/h4-8,10-11,19H,15H2,1-3H3,(H,16,17). The van der Waals surface area contributed by atoms with E-state index in [4.69, 9.17) is 15.7 Å². The Morgan fingerprint density at radius 2 is 1.80 bits per heavy atom. The zero-order valence-electron chi connectivity index (χ0n) is 11.8. The van der Waals surface area contributed by atoms with Crippen LogP contribution in [0.4, 0.5) is 0 Å². The largest absolute Gasteiger partial charge is 0.459 e. The summed E-state index contributed by atoms with van der Waals surface area (Å²) in [6.45, 7) is 5.06. The van der Waals surface area contributed by atoms with Gasteiger partial charge in [0.15, 0.2) is 5.92 Å². The van der Waals surface area contributed by atoms with Crippen molar-refractivity contribution < 1.29 is 19.5 Å². The van der Waals surface area contributed by atoms with Crippen molar-refractivity contribution in [3.63, 3.8) is 0 Å². The fraction of sp³-hybridized carbons (Fsp3) is 0.429. The van der Waals surface area contributed by atoms with Crippen LogP contribution in [0.3, 0.4) is 0 Å². The van der Waals surface area contributed by atoms with Crippen LogP contribution in [-0.2, 0) is 14.3 Å². The highest BCUT2D eigenvalue weighted by Crippen LogP contribution is 2.23. The van der Waals surface area contributed by atoms with Crippen molar-refractivity contribution in [2.45, 2.75) is 32.4 Å². The minimum absolute atomic E-state index is 0.604. The van der Waals surface area contributed by atoms with E-state index in [-0.39, 0.29) is 0 Å². The lowest BCUT2D eigenvalue weighted by molar-refractivity contribution is -0.165. The minimum atomic E-state index is -1.32. The van der Waals surface area contributed by atoms with E-state index < -0.39 is 29.4 Å². The Hall–Kier alpha value is -1.92.